The largest absolute Gasteiger partial charge is 0.330 e. The molecule has 2 aromatic carbocycles. The maximum absolute atomic E-state index is 14.0. The van der Waals surface area contributed by atoms with E-state index in [0.717, 1.165) is 23.3 Å². The smallest absolute Gasteiger partial charge is 0.166 e. The van der Waals surface area contributed by atoms with Crippen LogP contribution in [0.3, 0.4) is 0 Å². The molecule has 1 atom stereocenters. The number of halogens is 3. The van der Waals surface area contributed by atoms with Crippen LogP contribution in [0.4, 0.5) is 13.2 Å². The molecular weight excluding hydrogens is 325 g/mol. The minimum atomic E-state index is -1.15. The van der Waals surface area contributed by atoms with E-state index in [1.807, 2.05) is 39.0 Å². The first kappa shape index (κ1) is 17.3. The molecule has 0 radical (unpaired) electrons. The zero-order chi connectivity index (χ0) is 18.1. The van der Waals surface area contributed by atoms with Crippen molar-refractivity contribution in [3.63, 3.8) is 0 Å². The van der Waals surface area contributed by atoms with Crippen LogP contribution >= 0.6 is 0 Å². The molecule has 5 heteroatoms. The van der Waals surface area contributed by atoms with Gasteiger partial charge in [0.1, 0.15) is 11.6 Å². The van der Waals surface area contributed by atoms with Gasteiger partial charge in [0.15, 0.2) is 11.6 Å². The van der Waals surface area contributed by atoms with Crippen molar-refractivity contribution in [2.75, 3.05) is 0 Å². The summed E-state index contributed by atoms with van der Waals surface area (Å²) in [4.78, 5) is 4.37. The quantitative estimate of drug-likeness (QED) is 0.601. The number of nitrogens with zero attached hydrogens (tertiary/aromatic N) is 2. The third kappa shape index (κ3) is 3.18. The summed E-state index contributed by atoms with van der Waals surface area (Å²) >= 11 is 0. The molecule has 0 aliphatic carbocycles. The van der Waals surface area contributed by atoms with Gasteiger partial charge in [-0.25, -0.2) is 18.2 Å². The topological polar surface area (TPSA) is 17.8 Å². The van der Waals surface area contributed by atoms with E-state index >= 15 is 0 Å². The summed E-state index contributed by atoms with van der Waals surface area (Å²) in [5.74, 6) is -2.36. The Bertz CT molecular complexity index is 915. The second-order valence-corrected chi connectivity index (χ2v) is 6.25. The van der Waals surface area contributed by atoms with Crippen molar-refractivity contribution in [1.29, 1.82) is 0 Å². The molecule has 25 heavy (non-hydrogen) atoms. The number of imidazole rings is 1. The van der Waals surface area contributed by atoms with E-state index in [2.05, 4.69) is 4.98 Å². The van der Waals surface area contributed by atoms with Crippen LogP contribution in [0.1, 0.15) is 40.9 Å². The Kier molecular flexibility index (Phi) is 4.66. The van der Waals surface area contributed by atoms with Gasteiger partial charge in [-0.1, -0.05) is 25.1 Å². The van der Waals surface area contributed by atoms with Gasteiger partial charge in [0.2, 0.25) is 0 Å². The number of benzene rings is 2. The van der Waals surface area contributed by atoms with Crippen LogP contribution in [-0.2, 0) is 6.54 Å². The van der Waals surface area contributed by atoms with Gasteiger partial charge in [-0.15, -0.1) is 0 Å². The van der Waals surface area contributed by atoms with Crippen LogP contribution in [0.5, 0.6) is 0 Å². The Morgan fingerprint density at radius 3 is 2.52 bits per heavy atom. The van der Waals surface area contributed by atoms with Crippen molar-refractivity contribution < 1.29 is 13.2 Å². The highest BCUT2D eigenvalue weighted by Crippen LogP contribution is 2.28. The first-order valence-corrected chi connectivity index (χ1v) is 8.09. The van der Waals surface area contributed by atoms with Gasteiger partial charge in [0.05, 0.1) is 6.54 Å². The fraction of sp³-hybridized carbons (Fsp3) is 0.250. The lowest BCUT2D eigenvalue weighted by atomic mass is 9.93. The molecule has 0 bridgehead atoms. The van der Waals surface area contributed by atoms with Crippen molar-refractivity contribution in [1.82, 2.24) is 9.55 Å². The predicted octanol–water partition coefficient (Wildman–Crippen LogP) is 5.12. The highest BCUT2D eigenvalue weighted by molar-refractivity contribution is 5.38. The summed E-state index contributed by atoms with van der Waals surface area (Å²) in [5.41, 5.74) is 3.14. The van der Waals surface area contributed by atoms with Crippen LogP contribution < -0.4 is 0 Å². The molecule has 0 amide bonds. The SMILES string of the molecule is Cc1cccc([C@H](C)c2nccn2Cc2c(F)ccc(F)c2F)c1C. The lowest BCUT2D eigenvalue weighted by molar-refractivity contribution is 0.472. The highest BCUT2D eigenvalue weighted by atomic mass is 19.2. The van der Waals surface area contributed by atoms with Crippen molar-refractivity contribution in [2.45, 2.75) is 33.2 Å². The van der Waals surface area contributed by atoms with Crippen molar-refractivity contribution in [2.24, 2.45) is 0 Å². The molecule has 1 heterocycles. The number of hydrogen-bond acceptors (Lipinski definition) is 1. The molecule has 1 aromatic heterocycles. The lowest BCUT2D eigenvalue weighted by Gasteiger charge is -2.18. The molecule has 0 aliphatic heterocycles. The Hall–Kier alpha value is -2.56. The minimum absolute atomic E-state index is 0.0606. The fourth-order valence-electron chi connectivity index (χ4n) is 3.10. The van der Waals surface area contributed by atoms with Crippen LogP contribution in [0, 0.1) is 31.3 Å². The first-order chi connectivity index (χ1) is 11.9. The van der Waals surface area contributed by atoms with Gasteiger partial charge >= 0.3 is 0 Å². The second-order valence-electron chi connectivity index (χ2n) is 6.25. The molecule has 130 valence electrons. The molecule has 0 aliphatic rings. The third-order valence-electron chi connectivity index (χ3n) is 4.72. The summed E-state index contributed by atoms with van der Waals surface area (Å²) in [5, 5.41) is 0. The molecule has 2 nitrogen and oxygen atoms in total. The van der Waals surface area contributed by atoms with E-state index in [9.17, 15) is 13.2 Å². The molecule has 3 rings (SSSR count). The number of hydrogen-bond donors (Lipinski definition) is 0. The number of aromatic nitrogens is 2. The van der Waals surface area contributed by atoms with Crippen LogP contribution in [-0.4, -0.2) is 9.55 Å². The maximum atomic E-state index is 14.0. The Morgan fingerprint density at radius 1 is 1.04 bits per heavy atom. The Labute approximate surface area is 145 Å². The second kappa shape index (κ2) is 6.75. The average Bonchev–Trinajstić information content (AvgIpc) is 3.05. The molecule has 0 unspecified atom stereocenters. The van der Waals surface area contributed by atoms with E-state index in [4.69, 9.17) is 0 Å². The highest BCUT2D eigenvalue weighted by Gasteiger charge is 2.20. The van der Waals surface area contributed by atoms with E-state index < -0.39 is 17.5 Å². The molecule has 0 saturated heterocycles. The number of rotatable bonds is 4. The van der Waals surface area contributed by atoms with Crippen molar-refractivity contribution in [3.8, 4) is 0 Å². The van der Waals surface area contributed by atoms with Gasteiger partial charge < -0.3 is 4.57 Å². The van der Waals surface area contributed by atoms with E-state index in [-0.39, 0.29) is 18.0 Å². The lowest BCUT2D eigenvalue weighted by Crippen LogP contribution is -2.12. The van der Waals surface area contributed by atoms with E-state index in [1.54, 1.807) is 17.0 Å². The molecule has 0 N–H and O–H groups in total. The minimum Gasteiger partial charge on any atom is -0.330 e. The Morgan fingerprint density at radius 2 is 1.76 bits per heavy atom. The van der Waals surface area contributed by atoms with Gasteiger partial charge in [-0.3, -0.25) is 0 Å². The maximum Gasteiger partial charge on any atom is 0.166 e. The zero-order valence-corrected chi connectivity index (χ0v) is 14.4. The summed E-state index contributed by atoms with van der Waals surface area (Å²) in [6.07, 6.45) is 3.24. The average molecular weight is 344 g/mol. The normalized spacial score (nSPS) is 12.4. The molecular formula is C20H19F3N2. The van der Waals surface area contributed by atoms with Crippen molar-refractivity contribution in [3.05, 3.63) is 88.3 Å². The standard InChI is InChI=1S/C20H19F3N2/c1-12-5-4-6-15(13(12)2)14(3)20-24-9-10-25(20)11-16-17(21)7-8-18(22)19(16)23/h4-10,14H,11H2,1-3H3/t14-/m0/s1. The van der Waals surface area contributed by atoms with Crippen LogP contribution in [0.2, 0.25) is 0 Å². The summed E-state index contributed by atoms with van der Waals surface area (Å²) in [6.45, 7) is 5.97. The van der Waals surface area contributed by atoms with Gasteiger partial charge in [0, 0.05) is 23.9 Å². The van der Waals surface area contributed by atoms with Gasteiger partial charge in [-0.05, 0) is 42.7 Å². The van der Waals surface area contributed by atoms with Crippen LogP contribution in [0.25, 0.3) is 0 Å². The van der Waals surface area contributed by atoms with E-state index in [0.29, 0.717) is 5.82 Å². The first-order valence-electron chi connectivity index (χ1n) is 8.09. The van der Waals surface area contributed by atoms with Gasteiger partial charge in [0.25, 0.3) is 0 Å². The Balaban J connectivity index is 1.99. The van der Waals surface area contributed by atoms with E-state index in [1.165, 1.54) is 5.56 Å². The van der Waals surface area contributed by atoms with Gasteiger partial charge in [-0.2, -0.15) is 0 Å². The molecule has 3 aromatic rings. The number of aryl methyl sites for hydroxylation is 1. The predicted molar refractivity (Wildman–Crippen MR) is 91.1 cm³/mol. The molecule has 0 fully saturated rings. The summed E-state index contributed by atoms with van der Waals surface area (Å²) < 4.78 is 43.0. The van der Waals surface area contributed by atoms with Crippen molar-refractivity contribution >= 4 is 0 Å². The van der Waals surface area contributed by atoms with Crippen LogP contribution in [0.15, 0.2) is 42.7 Å². The summed E-state index contributed by atoms with van der Waals surface area (Å²) in [6, 6.07) is 7.78. The summed E-state index contributed by atoms with van der Waals surface area (Å²) in [7, 11) is 0. The fourth-order valence-corrected chi connectivity index (χ4v) is 3.10. The third-order valence-corrected chi connectivity index (χ3v) is 4.72. The zero-order valence-electron chi connectivity index (χ0n) is 14.4. The molecule has 0 saturated carbocycles. The molecule has 0 spiro atoms. The monoisotopic (exact) mass is 344 g/mol.